The maximum absolute atomic E-state index is 15.4. The molecule has 0 radical (unpaired) electrons. The van der Waals surface area contributed by atoms with Gasteiger partial charge in [0.1, 0.15) is 5.82 Å². The summed E-state index contributed by atoms with van der Waals surface area (Å²) in [6.45, 7) is 1.82. The summed E-state index contributed by atoms with van der Waals surface area (Å²) in [5.74, 6) is -0.441. The third kappa shape index (κ3) is 3.93. The van der Waals surface area contributed by atoms with Crippen LogP contribution in [-0.4, -0.2) is 34.9 Å². The first-order chi connectivity index (χ1) is 17.1. The van der Waals surface area contributed by atoms with Gasteiger partial charge in [0.2, 0.25) is 0 Å². The molecule has 5 nitrogen and oxygen atoms in total. The van der Waals surface area contributed by atoms with Gasteiger partial charge >= 0.3 is 5.76 Å². The van der Waals surface area contributed by atoms with E-state index in [-0.39, 0.29) is 23.5 Å². The Hall–Kier alpha value is -3.45. The van der Waals surface area contributed by atoms with E-state index in [1.807, 2.05) is 35.2 Å². The van der Waals surface area contributed by atoms with Gasteiger partial charge in [0.15, 0.2) is 11.9 Å². The molecule has 4 aromatic rings. The summed E-state index contributed by atoms with van der Waals surface area (Å²) in [5.41, 5.74) is 4.58. The fourth-order valence-corrected chi connectivity index (χ4v) is 5.77. The topological polar surface area (TPSA) is 41.6 Å². The number of anilines is 2. The Kier molecular flexibility index (Phi) is 5.65. The van der Waals surface area contributed by atoms with Crippen LogP contribution < -0.4 is 10.7 Å². The molecule has 1 aromatic heterocycles. The van der Waals surface area contributed by atoms with Crippen LogP contribution in [0, 0.1) is 5.82 Å². The molecule has 3 atom stereocenters. The van der Waals surface area contributed by atoms with Crippen LogP contribution >= 0.6 is 0 Å². The van der Waals surface area contributed by atoms with E-state index < -0.39 is 6.30 Å². The molecule has 2 aliphatic rings. The Bertz CT molecular complexity index is 1400. The smallest absolute Gasteiger partial charge is 0.408 e. The van der Waals surface area contributed by atoms with Crippen molar-refractivity contribution in [3.8, 4) is 0 Å². The third-order valence-corrected chi connectivity index (χ3v) is 7.41. The van der Waals surface area contributed by atoms with Crippen LogP contribution in [-0.2, 0) is 6.54 Å². The van der Waals surface area contributed by atoms with Crippen LogP contribution in [0.25, 0.3) is 11.1 Å². The van der Waals surface area contributed by atoms with Crippen molar-refractivity contribution in [2.75, 3.05) is 18.0 Å². The van der Waals surface area contributed by atoms with Crippen LogP contribution in [0.2, 0.25) is 0 Å². The minimum absolute atomic E-state index is 0.0000157. The highest BCUT2D eigenvalue weighted by molar-refractivity contribution is 5.73. The van der Waals surface area contributed by atoms with Gasteiger partial charge in [-0.1, -0.05) is 30.3 Å². The van der Waals surface area contributed by atoms with Gasteiger partial charge in [0.05, 0.1) is 5.52 Å². The first-order valence-electron chi connectivity index (χ1n) is 12.2. The summed E-state index contributed by atoms with van der Waals surface area (Å²) in [6.07, 6.45) is 0.889. The van der Waals surface area contributed by atoms with E-state index in [2.05, 4.69) is 17.0 Å². The van der Waals surface area contributed by atoms with E-state index in [9.17, 15) is 9.18 Å². The molecule has 3 aromatic carbocycles. The van der Waals surface area contributed by atoms with Gasteiger partial charge in [-0.05, 0) is 60.9 Å². The molecule has 180 valence electrons. The number of fused-ring (bicyclic) bond motifs is 4. The van der Waals surface area contributed by atoms with Crippen molar-refractivity contribution in [2.24, 2.45) is 0 Å². The second-order valence-corrected chi connectivity index (χ2v) is 9.44. The largest absolute Gasteiger partial charge is 0.419 e. The molecular formula is C28H27F2N3O2. The number of para-hydroxylation sites is 3. The molecule has 0 amide bonds. The van der Waals surface area contributed by atoms with Crippen molar-refractivity contribution in [3.05, 3.63) is 94.7 Å². The van der Waals surface area contributed by atoms with Gasteiger partial charge in [0.25, 0.3) is 0 Å². The number of halogens is 2. The summed E-state index contributed by atoms with van der Waals surface area (Å²) in [5, 5.41) is 0. The molecule has 0 saturated carbocycles. The Labute approximate surface area is 202 Å². The molecule has 0 bridgehead atoms. The van der Waals surface area contributed by atoms with Crippen LogP contribution in [0.4, 0.5) is 20.2 Å². The highest BCUT2D eigenvalue weighted by Crippen LogP contribution is 2.49. The Morgan fingerprint density at radius 1 is 0.914 bits per heavy atom. The van der Waals surface area contributed by atoms with Gasteiger partial charge in [-0.15, -0.1) is 0 Å². The summed E-state index contributed by atoms with van der Waals surface area (Å²) < 4.78 is 35.9. The third-order valence-electron chi connectivity index (χ3n) is 7.41. The first-order valence-corrected chi connectivity index (χ1v) is 12.2. The van der Waals surface area contributed by atoms with E-state index in [0.29, 0.717) is 31.6 Å². The molecule has 3 heterocycles. The zero-order valence-corrected chi connectivity index (χ0v) is 19.3. The van der Waals surface area contributed by atoms with Gasteiger partial charge < -0.3 is 9.32 Å². The van der Waals surface area contributed by atoms with Crippen molar-refractivity contribution in [3.63, 3.8) is 0 Å². The van der Waals surface area contributed by atoms with E-state index >= 15 is 4.39 Å². The van der Waals surface area contributed by atoms with Gasteiger partial charge in [-0.2, -0.15) is 0 Å². The molecule has 6 rings (SSSR count). The summed E-state index contributed by atoms with van der Waals surface area (Å²) in [7, 11) is 0. The lowest BCUT2D eigenvalue weighted by Crippen LogP contribution is -2.49. The molecule has 1 unspecified atom stereocenters. The lowest BCUT2D eigenvalue weighted by Gasteiger charge is -2.41. The number of alkyl halides is 1. The van der Waals surface area contributed by atoms with Crippen molar-refractivity contribution >= 4 is 22.5 Å². The monoisotopic (exact) mass is 475 g/mol. The number of likely N-dealkylation sites (tertiary alicyclic amines) is 1. The van der Waals surface area contributed by atoms with Crippen molar-refractivity contribution in [1.82, 2.24) is 9.47 Å². The van der Waals surface area contributed by atoms with Crippen LogP contribution in [0.15, 0.2) is 82.0 Å². The predicted octanol–water partition coefficient (Wildman–Crippen LogP) is 5.82. The average molecular weight is 476 g/mol. The molecule has 0 aliphatic carbocycles. The minimum atomic E-state index is -1.05. The molecule has 0 spiro atoms. The number of oxazole rings is 1. The van der Waals surface area contributed by atoms with E-state index in [1.165, 1.54) is 17.7 Å². The number of unbranched alkanes of at least 4 members (excludes halogenated alkanes) is 1. The summed E-state index contributed by atoms with van der Waals surface area (Å²) >= 11 is 0. The maximum atomic E-state index is 15.4. The Morgan fingerprint density at radius 2 is 1.66 bits per heavy atom. The van der Waals surface area contributed by atoms with E-state index in [4.69, 9.17) is 4.42 Å². The quantitative estimate of drug-likeness (QED) is 0.260. The van der Waals surface area contributed by atoms with E-state index in [1.54, 1.807) is 22.8 Å². The van der Waals surface area contributed by atoms with Gasteiger partial charge in [-0.25, -0.2) is 13.6 Å². The first kappa shape index (κ1) is 22.0. The minimum Gasteiger partial charge on any atom is -0.408 e. The van der Waals surface area contributed by atoms with Crippen molar-refractivity contribution in [2.45, 2.75) is 44.1 Å². The van der Waals surface area contributed by atoms with Gasteiger partial charge in [0, 0.05) is 49.4 Å². The lowest BCUT2D eigenvalue weighted by atomic mass is 9.88. The number of benzene rings is 3. The average Bonchev–Trinajstić information content (AvgIpc) is 3.36. The highest BCUT2D eigenvalue weighted by atomic mass is 19.1. The molecule has 0 N–H and O–H groups in total. The highest BCUT2D eigenvalue weighted by Gasteiger charge is 2.45. The zero-order valence-electron chi connectivity index (χ0n) is 19.3. The number of hydrogen-bond acceptors (Lipinski definition) is 4. The standard InChI is InChI=1S/C28H27F2N3O2/c29-19-11-13-20(14-12-19)33-23-8-2-1-7-21(23)22-18-31(27(30)17-25(22)33)15-5-6-16-32-24-9-3-4-10-26(24)35-28(32)34/h1-4,7-14,22,25,27H,5-6,15-18H2/t22-,25+,27?/m0/s1. The van der Waals surface area contributed by atoms with Crippen LogP contribution in [0.1, 0.15) is 30.7 Å². The Morgan fingerprint density at radius 3 is 2.51 bits per heavy atom. The van der Waals surface area contributed by atoms with Crippen LogP contribution in [0.3, 0.4) is 0 Å². The summed E-state index contributed by atoms with van der Waals surface area (Å²) in [6, 6.07) is 22.1. The van der Waals surface area contributed by atoms with Crippen molar-refractivity contribution < 1.29 is 13.2 Å². The molecule has 7 heteroatoms. The number of aryl methyl sites for hydroxylation is 1. The second-order valence-electron chi connectivity index (χ2n) is 9.44. The SMILES string of the molecule is O=c1oc2ccccc2n1CCCCN1C[C@H]2c3ccccc3N(c3ccc(F)cc3)[C@@H]2CC1F. The molecule has 35 heavy (non-hydrogen) atoms. The molecule has 2 aliphatic heterocycles. The molecule has 1 saturated heterocycles. The number of nitrogens with zero attached hydrogens (tertiary/aromatic N) is 3. The number of aromatic nitrogens is 1. The van der Waals surface area contributed by atoms with Gasteiger partial charge in [-0.3, -0.25) is 9.47 Å². The summed E-state index contributed by atoms with van der Waals surface area (Å²) in [4.78, 5) is 16.3. The maximum Gasteiger partial charge on any atom is 0.419 e. The predicted molar refractivity (Wildman–Crippen MR) is 132 cm³/mol. The molecular weight excluding hydrogens is 448 g/mol. The van der Waals surface area contributed by atoms with Crippen molar-refractivity contribution in [1.29, 1.82) is 0 Å². The lowest BCUT2D eigenvalue weighted by molar-refractivity contribution is 0.0293. The Balaban J connectivity index is 1.15. The fourth-order valence-electron chi connectivity index (χ4n) is 5.77. The number of piperidine rings is 1. The normalized spacial score (nSPS) is 21.9. The second kappa shape index (κ2) is 8.96. The zero-order chi connectivity index (χ0) is 23.9. The van der Waals surface area contributed by atoms with Crippen LogP contribution in [0.5, 0.6) is 0 Å². The fraction of sp³-hybridized carbons (Fsp3) is 0.321. The molecule has 1 fully saturated rings. The number of hydrogen-bond donors (Lipinski definition) is 0. The van der Waals surface area contributed by atoms with E-state index in [0.717, 1.165) is 29.7 Å². The number of rotatable bonds is 6.